The van der Waals surface area contributed by atoms with E-state index in [1.54, 1.807) is 4.68 Å². The molecule has 0 aromatic carbocycles. The Morgan fingerprint density at radius 1 is 1.47 bits per heavy atom. The molecule has 0 amide bonds. The predicted octanol–water partition coefficient (Wildman–Crippen LogP) is 1.75. The Morgan fingerprint density at radius 2 is 2.12 bits per heavy atom. The summed E-state index contributed by atoms with van der Waals surface area (Å²) >= 11 is 0. The van der Waals surface area contributed by atoms with Crippen molar-refractivity contribution in [2.24, 2.45) is 7.05 Å². The van der Waals surface area contributed by atoms with Crippen molar-refractivity contribution < 1.29 is 5.11 Å². The molecule has 0 aliphatic heterocycles. The first-order valence-electron chi connectivity index (χ1n) is 6.29. The van der Waals surface area contributed by atoms with Gasteiger partial charge in [-0.05, 0) is 13.0 Å². The van der Waals surface area contributed by atoms with Crippen LogP contribution in [0.3, 0.4) is 0 Å². The molecule has 0 spiro atoms. The fourth-order valence-corrected chi connectivity index (χ4v) is 1.86. The molecule has 0 radical (unpaired) electrons. The first-order chi connectivity index (χ1) is 7.86. The summed E-state index contributed by atoms with van der Waals surface area (Å²) < 4.78 is 1.78. The zero-order valence-electron chi connectivity index (χ0n) is 11.6. The molecule has 0 fully saturated rings. The molecule has 0 bridgehead atoms. The van der Waals surface area contributed by atoms with Gasteiger partial charge in [0, 0.05) is 30.8 Å². The number of hydrogen-bond donors (Lipinski definition) is 2. The van der Waals surface area contributed by atoms with Gasteiger partial charge in [0.25, 0.3) is 0 Å². The van der Waals surface area contributed by atoms with Crippen LogP contribution in [0, 0.1) is 0 Å². The van der Waals surface area contributed by atoms with Crippen LogP contribution in [0.4, 0.5) is 0 Å². The number of nitrogens with one attached hydrogen (secondary N) is 1. The molecule has 4 nitrogen and oxygen atoms in total. The van der Waals surface area contributed by atoms with E-state index in [0.717, 1.165) is 24.2 Å². The average molecular weight is 239 g/mol. The SMILES string of the molecule is CCCNCC(O)c1cn(C)nc1C(C)(C)C. The maximum absolute atomic E-state index is 10.2. The lowest BCUT2D eigenvalue weighted by Crippen LogP contribution is -2.24. The average Bonchev–Trinajstić information content (AvgIpc) is 2.60. The topological polar surface area (TPSA) is 50.1 Å². The minimum Gasteiger partial charge on any atom is -0.387 e. The normalized spacial score (nSPS) is 14.0. The smallest absolute Gasteiger partial charge is 0.0947 e. The Hall–Kier alpha value is -0.870. The van der Waals surface area contributed by atoms with Crippen molar-refractivity contribution in [2.75, 3.05) is 13.1 Å². The molecule has 4 heteroatoms. The minimum atomic E-state index is -0.482. The summed E-state index contributed by atoms with van der Waals surface area (Å²) in [5.41, 5.74) is 1.87. The Labute approximate surface area is 104 Å². The Bertz CT molecular complexity index is 352. The number of aliphatic hydroxyl groups is 1. The highest BCUT2D eigenvalue weighted by Crippen LogP contribution is 2.27. The number of aryl methyl sites for hydroxylation is 1. The summed E-state index contributed by atoms with van der Waals surface area (Å²) in [6, 6.07) is 0. The molecule has 0 aliphatic carbocycles. The second kappa shape index (κ2) is 5.65. The van der Waals surface area contributed by atoms with Crippen LogP contribution >= 0.6 is 0 Å². The van der Waals surface area contributed by atoms with Gasteiger partial charge in [0.05, 0.1) is 11.8 Å². The quantitative estimate of drug-likeness (QED) is 0.770. The highest BCUT2D eigenvalue weighted by molar-refractivity contribution is 5.26. The number of aliphatic hydroxyl groups excluding tert-OH is 1. The van der Waals surface area contributed by atoms with E-state index in [0.29, 0.717) is 6.54 Å². The first kappa shape index (κ1) is 14.2. The molecule has 98 valence electrons. The van der Waals surface area contributed by atoms with Crippen LogP contribution < -0.4 is 5.32 Å². The molecule has 1 aromatic rings. The summed E-state index contributed by atoms with van der Waals surface area (Å²) in [7, 11) is 1.89. The lowest BCUT2D eigenvalue weighted by Gasteiger charge is -2.20. The molecule has 1 unspecified atom stereocenters. The van der Waals surface area contributed by atoms with Crippen molar-refractivity contribution in [3.8, 4) is 0 Å². The summed E-state index contributed by atoms with van der Waals surface area (Å²) in [4.78, 5) is 0. The van der Waals surface area contributed by atoms with Crippen molar-refractivity contribution in [2.45, 2.75) is 45.6 Å². The molecule has 17 heavy (non-hydrogen) atoms. The van der Waals surface area contributed by atoms with Crippen LogP contribution in [-0.4, -0.2) is 28.0 Å². The Morgan fingerprint density at radius 3 is 2.65 bits per heavy atom. The van der Waals surface area contributed by atoms with Crippen molar-refractivity contribution in [3.05, 3.63) is 17.5 Å². The minimum absolute atomic E-state index is 0.0394. The maximum atomic E-state index is 10.2. The number of rotatable bonds is 5. The van der Waals surface area contributed by atoms with Gasteiger partial charge in [-0.1, -0.05) is 27.7 Å². The Balaban J connectivity index is 2.82. The standard InChI is InChI=1S/C13H25N3O/c1-6-7-14-8-11(17)10-9-16(5)15-12(10)13(2,3)4/h9,11,14,17H,6-8H2,1-5H3. The molecule has 2 N–H and O–H groups in total. The fraction of sp³-hybridized carbons (Fsp3) is 0.769. The van der Waals surface area contributed by atoms with E-state index in [-0.39, 0.29) is 5.41 Å². The van der Waals surface area contributed by atoms with Crippen LogP contribution in [0.5, 0.6) is 0 Å². The van der Waals surface area contributed by atoms with Crippen molar-refractivity contribution in [3.63, 3.8) is 0 Å². The second-order valence-corrected chi connectivity index (χ2v) is 5.58. The third-order valence-electron chi connectivity index (χ3n) is 2.69. The molecular formula is C13H25N3O. The van der Waals surface area contributed by atoms with E-state index in [9.17, 15) is 5.11 Å². The van der Waals surface area contributed by atoms with Crippen molar-refractivity contribution >= 4 is 0 Å². The molecule has 1 rings (SSSR count). The van der Waals surface area contributed by atoms with Crippen LogP contribution in [0.25, 0.3) is 0 Å². The summed E-state index contributed by atoms with van der Waals surface area (Å²) in [5, 5.41) is 17.9. The molecule has 1 atom stereocenters. The van der Waals surface area contributed by atoms with Gasteiger partial charge < -0.3 is 10.4 Å². The largest absolute Gasteiger partial charge is 0.387 e. The summed E-state index contributed by atoms with van der Waals surface area (Å²) in [5.74, 6) is 0. The van der Waals surface area contributed by atoms with Gasteiger partial charge in [0.1, 0.15) is 0 Å². The second-order valence-electron chi connectivity index (χ2n) is 5.58. The lowest BCUT2D eigenvalue weighted by molar-refractivity contribution is 0.172. The van der Waals surface area contributed by atoms with Gasteiger partial charge in [-0.15, -0.1) is 0 Å². The fourth-order valence-electron chi connectivity index (χ4n) is 1.86. The molecule has 1 heterocycles. The van der Waals surface area contributed by atoms with Gasteiger partial charge in [-0.25, -0.2) is 0 Å². The third-order valence-corrected chi connectivity index (χ3v) is 2.69. The summed E-state index contributed by atoms with van der Waals surface area (Å²) in [6.45, 7) is 9.98. The van der Waals surface area contributed by atoms with E-state index in [4.69, 9.17) is 0 Å². The zero-order valence-corrected chi connectivity index (χ0v) is 11.6. The molecular weight excluding hydrogens is 214 g/mol. The van der Waals surface area contributed by atoms with E-state index in [1.807, 2.05) is 13.2 Å². The van der Waals surface area contributed by atoms with Crippen LogP contribution in [0.1, 0.15) is 51.5 Å². The van der Waals surface area contributed by atoms with Gasteiger partial charge in [0.15, 0.2) is 0 Å². The zero-order chi connectivity index (χ0) is 13.1. The maximum Gasteiger partial charge on any atom is 0.0947 e. The van der Waals surface area contributed by atoms with E-state index in [1.165, 1.54) is 0 Å². The van der Waals surface area contributed by atoms with Crippen molar-refractivity contribution in [1.82, 2.24) is 15.1 Å². The predicted molar refractivity (Wildman–Crippen MR) is 70.0 cm³/mol. The van der Waals surface area contributed by atoms with Gasteiger partial charge in [-0.3, -0.25) is 4.68 Å². The van der Waals surface area contributed by atoms with Crippen molar-refractivity contribution in [1.29, 1.82) is 0 Å². The highest BCUT2D eigenvalue weighted by Gasteiger charge is 2.25. The number of aromatic nitrogens is 2. The lowest BCUT2D eigenvalue weighted by atomic mass is 9.88. The van der Waals surface area contributed by atoms with Crippen LogP contribution in [0.2, 0.25) is 0 Å². The van der Waals surface area contributed by atoms with E-state index in [2.05, 4.69) is 38.1 Å². The van der Waals surface area contributed by atoms with Crippen LogP contribution in [-0.2, 0) is 12.5 Å². The molecule has 0 saturated heterocycles. The first-order valence-corrected chi connectivity index (χ1v) is 6.29. The van der Waals surface area contributed by atoms with Crippen LogP contribution in [0.15, 0.2) is 6.20 Å². The molecule has 0 aliphatic rings. The summed E-state index contributed by atoms with van der Waals surface area (Å²) in [6.07, 6.45) is 2.51. The highest BCUT2D eigenvalue weighted by atomic mass is 16.3. The van der Waals surface area contributed by atoms with E-state index < -0.39 is 6.10 Å². The Kier molecular flexibility index (Phi) is 4.71. The van der Waals surface area contributed by atoms with Gasteiger partial charge in [0.2, 0.25) is 0 Å². The monoisotopic (exact) mass is 239 g/mol. The number of nitrogens with zero attached hydrogens (tertiary/aromatic N) is 2. The number of hydrogen-bond acceptors (Lipinski definition) is 3. The van der Waals surface area contributed by atoms with Gasteiger partial charge >= 0.3 is 0 Å². The third kappa shape index (κ3) is 3.82. The molecule has 0 saturated carbocycles. The van der Waals surface area contributed by atoms with Gasteiger partial charge in [-0.2, -0.15) is 5.10 Å². The van der Waals surface area contributed by atoms with E-state index >= 15 is 0 Å². The molecule has 1 aromatic heterocycles.